The molecule has 1 unspecified atom stereocenters. The molecule has 6 heteroatoms. The third kappa shape index (κ3) is 2.93. The zero-order chi connectivity index (χ0) is 12.3. The van der Waals surface area contributed by atoms with Crippen LogP contribution < -0.4 is 10.5 Å². The van der Waals surface area contributed by atoms with Gasteiger partial charge in [0.15, 0.2) is 11.6 Å². The number of halogens is 2. The summed E-state index contributed by atoms with van der Waals surface area (Å²) in [4.78, 5) is 10.5. The Morgan fingerprint density at radius 2 is 2.31 bits per heavy atom. The Balaban J connectivity index is 3.15. The number of nitrogens with two attached hydrogens (primary N) is 1. The van der Waals surface area contributed by atoms with Crippen molar-refractivity contribution in [1.29, 1.82) is 0 Å². The molecule has 0 aliphatic heterocycles. The van der Waals surface area contributed by atoms with Crippen LogP contribution in [0.3, 0.4) is 0 Å². The molecule has 1 aromatic carbocycles. The van der Waals surface area contributed by atoms with Crippen molar-refractivity contribution < 1.29 is 19.0 Å². The van der Waals surface area contributed by atoms with E-state index in [1.807, 2.05) is 0 Å². The van der Waals surface area contributed by atoms with E-state index in [1.165, 1.54) is 13.2 Å². The molecule has 0 aromatic heterocycles. The summed E-state index contributed by atoms with van der Waals surface area (Å²) >= 11 is 3.11. The van der Waals surface area contributed by atoms with Crippen molar-refractivity contribution in [3.05, 3.63) is 28.0 Å². The summed E-state index contributed by atoms with van der Waals surface area (Å²) in [5.41, 5.74) is 5.99. The molecule has 1 aromatic rings. The maximum atomic E-state index is 13.5. The Morgan fingerprint density at radius 1 is 1.69 bits per heavy atom. The Kier molecular flexibility index (Phi) is 4.26. The summed E-state index contributed by atoms with van der Waals surface area (Å²) in [7, 11) is 1.31. The monoisotopic (exact) mass is 291 g/mol. The van der Waals surface area contributed by atoms with Gasteiger partial charge in [-0.15, -0.1) is 0 Å². The van der Waals surface area contributed by atoms with Crippen LogP contribution in [0.4, 0.5) is 4.39 Å². The number of hydrogen-bond acceptors (Lipinski definition) is 3. The molecule has 0 amide bonds. The van der Waals surface area contributed by atoms with Crippen LogP contribution in [0.2, 0.25) is 0 Å². The summed E-state index contributed by atoms with van der Waals surface area (Å²) < 4.78 is 18.8. The van der Waals surface area contributed by atoms with Crippen molar-refractivity contribution in [1.82, 2.24) is 0 Å². The van der Waals surface area contributed by atoms with Crippen LogP contribution >= 0.6 is 15.9 Å². The molecule has 16 heavy (non-hydrogen) atoms. The van der Waals surface area contributed by atoms with Crippen LogP contribution in [-0.4, -0.2) is 18.2 Å². The topological polar surface area (TPSA) is 72.5 Å². The molecule has 1 atom stereocenters. The number of ether oxygens (including phenoxy) is 1. The van der Waals surface area contributed by atoms with Crippen LogP contribution in [-0.2, 0) is 4.79 Å². The largest absolute Gasteiger partial charge is 0.493 e. The fourth-order valence-electron chi connectivity index (χ4n) is 1.37. The van der Waals surface area contributed by atoms with Gasteiger partial charge in [0.25, 0.3) is 0 Å². The fraction of sp³-hybridized carbons (Fsp3) is 0.300. The molecule has 0 saturated heterocycles. The molecule has 88 valence electrons. The Labute approximate surface area is 100 Å². The highest BCUT2D eigenvalue weighted by Gasteiger charge is 2.19. The summed E-state index contributed by atoms with van der Waals surface area (Å²) in [5, 5.41) is 8.62. The van der Waals surface area contributed by atoms with E-state index < -0.39 is 17.8 Å². The number of carboxylic acids is 1. The predicted octanol–water partition coefficient (Wildman–Crippen LogP) is 2.07. The third-order valence-corrected chi connectivity index (χ3v) is 2.49. The lowest BCUT2D eigenvalue weighted by Gasteiger charge is -2.15. The zero-order valence-corrected chi connectivity index (χ0v) is 10.1. The summed E-state index contributed by atoms with van der Waals surface area (Å²) in [6.07, 6.45) is -0.285. The van der Waals surface area contributed by atoms with Gasteiger partial charge in [0.05, 0.1) is 13.5 Å². The third-order valence-electron chi connectivity index (χ3n) is 2.04. The quantitative estimate of drug-likeness (QED) is 0.891. The van der Waals surface area contributed by atoms with Crippen molar-refractivity contribution >= 4 is 21.9 Å². The molecule has 0 radical (unpaired) electrons. The van der Waals surface area contributed by atoms with Gasteiger partial charge in [-0.2, -0.15) is 0 Å². The van der Waals surface area contributed by atoms with Crippen molar-refractivity contribution in [2.75, 3.05) is 7.11 Å². The highest BCUT2D eigenvalue weighted by atomic mass is 79.9. The van der Waals surface area contributed by atoms with E-state index in [4.69, 9.17) is 15.6 Å². The second-order valence-corrected chi connectivity index (χ2v) is 4.13. The van der Waals surface area contributed by atoms with Gasteiger partial charge < -0.3 is 15.6 Å². The van der Waals surface area contributed by atoms with Crippen LogP contribution in [0.1, 0.15) is 18.0 Å². The van der Waals surface area contributed by atoms with Crippen molar-refractivity contribution in [3.63, 3.8) is 0 Å². The molecular formula is C10H11BrFNO3. The van der Waals surface area contributed by atoms with Gasteiger partial charge in [-0.05, 0) is 12.1 Å². The first-order chi connectivity index (χ1) is 7.45. The second-order valence-electron chi connectivity index (χ2n) is 3.21. The van der Waals surface area contributed by atoms with E-state index in [1.54, 1.807) is 6.07 Å². The first kappa shape index (κ1) is 12.9. The van der Waals surface area contributed by atoms with Crippen LogP contribution in [0, 0.1) is 5.82 Å². The van der Waals surface area contributed by atoms with E-state index in [2.05, 4.69) is 15.9 Å². The number of carboxylic acid groups (broad SMARTS) is 1. The van der Waals surface area contributed by atoms with E-state index in [0.29, 0.717) is 10.0 Å². The molecule has 4 nitrogen and oxygen atoms in total. The smallest absolute Gasteiger partial charge is 0.305 e. The number of hydrogen-bond donors (Lipinski definition) is 2. The highest BCUT2D eigenvalue weighted by Crippen LogP contribution is 2.31. The minimum Gasteiger partial charge on any atom is -0.493 e. The average molecular weight is 292 g/mol. The maximum Gasteiger partial charge on any atom is 0.305 e. The SMILES string of the molecule is COc1c(F)cc(Br)cc1C(N)CC(=O)O. The van der Waals surface area contributed by atoms with Crippen molar-refractivity contribution in [2.45, 2.75) is 12.5 Å². The molecule has 0 spiro atoms. The molecule has 0 aliphatic carbocycles. The lowest BCUT2D eigenvalue weighted by atomic mass is 10.0. The zero-order valence-electron chi connectivity index (χ0n) is 8.54. The molecule has 1 rings (SSSR count). The average Bonchev–Trinajstić information content (AvgIpc) is 2.15. The first-order valence-corrected chi connectivity index (χ1v) is 5.25. The summed E-state index contributed by atoms with van der Waals surface area (Å²) in [6, 6.07) is 1.98. The van der Waals surface area contributed by atoms with Crippen LogP contribution in [0.5, 0.6) is 5.75 Å². The molecule has 0 fully saturated rings. The van der Waals surface area contributed by atoms with Gasteiger partial charge in [-0.3, -0.25) is 4.79 Å². The second kappa shape index (κ2) is 5.27. The molecule has 0 aliphatic rings. The van der Waals surface area contributed by atoms with Crippen LogP contribution in [0.15, 0.2) is 16.6 Å². The van der Waals surface area contributed by atoms with E-state index in [-0.39, 0.29) is 12.2 Å². The van der Waals surface area contributed by atoms with Gasteiger partial charge in [-0.25, -0.2) is 4.39 Å². The van der Waals surface area contributed by atoms with Gasteiger partial charge >= 0.3 is 5.97 Å². The molecule has 0 heterocycles. The van der Waals surface area contributed by atoms with Crippen LogP contribution in [0.25, 0.3) is 0 Å². The molecule has 0 bridgehead atoms. The van der Waals surface area contributed by atoms with Crippen molar-refractivity contribution in [3.8, 4) is 5.75 Å². The molecular weight excluding hydrogens is 281 g/mol. The maximum absolute atomic E-state index is 13.5. The fourth-order valence-corrected chi connectivity index (χ4v) is 1.82. The van der Waals surface area contributed by atoms with E-state index in [9.17, 15) is 9.18 Å². The van der Waals surface area contributed by atoms with Gasteiger partial charge in [0.2, 0.25) is 0 Å². The minimum absolute atomic E-state index is 0.0167. The van der Waals surface area contributed by atoms with Gasteiger partial charge in [0.1, 0.15) is 0 Å². The highest BCUT2D eigenvalue weighted by molar-refractivity contribution is 9.10. The Bertz CT molecular complexity index is 411. The molecule has 3 N–H and O–H groups in total. The number of benzene rings is 1. The predicted molar refractivity (Wildman–Crippen MR) is 59.8 cm³/mol. The minimum atomic E-state index is -1.05. The standard InChI is InChI=1S/C10H11BrFNO3/c1-16-10-6(8(13)4-9(14)15)2-5(11)3-7(10)12/h2-3,8H,4,13H2,1H3,(H,14,15). The van der Waals surface area contributed by atoms with Crippen molar-refractivity contribution in [2.24, 2.45) is 5.73 Å². The lowest BCUT2D eigenvalue weighted by Crippen LogP contribution is -2.16. The first-order valence-electron chi connectivity index (χ1n) is 4.46. The normalized spacial score (nSPS) is 12.2. The lowest BCUT2D eigenvalue weighted by molar-refractivity contribution is -0.137. The summed E-state index contributed by atoms with van der Waals surface area (Å²) in [6.45, 7) is 0. The Hall–Kier alpha value is -1.14. The number of methoxy groups -OCH3 is 1. The number of rotatable bonds is 4. The Morgan fingerprint density at radius 3 is 2.81 bits per heavy atom. The van der Waals surface area contributed by atoms with Gasteiger partial charge in [-0.1, -0.05) is 15.9 Å². The number of carbonyl (C=O) groups is 1. The summed E-state index contributed by atoms with van der Waals surface area (Å²) in [5.74, 6) is -1.64. The molecule has 0 saturated carbocycles. The van der Waals surface area contributed by atoms with Gasteiger partial charge in [0, 0.05) is 16.1 Å². The number of aliphatic carboxylic acids is 1. The van der Waals surface area contributed by atoms with E-state index in [0.717, 1.165) is 0 Å². The van der Waals surface area contributed by atoms with E-state index >= 15 is 0 Å².